The quantitative estimate of drug-likeness (QED) is 0.726. The van der Waals surface area contributed by atoms with Crippen LogP contribution in [0.3, 0.4) is 0 Å². The van der Waals surface area contributed by atoms with Gasteiger partial charge in [-0.1, -0.05) is 25.5 Å². The summed E-state index contributed by atoms with van der Waals surface area (Å²) in [5, 5.41) is 19.6. The molecule has 0 saturated heterocycles. The molecule has 17 heavy (non-hydrogen) atoms. The lowest BCUT2D eigenvalue weighted by molar-refractivity contribution is -0.0729. The van der Waals surface area contributed by atoms with Gasteiger partial charge in [0.2, 0.25) is 0 Å². The van der Waals surface area contributed by atoms with Gasteiger partial charge in [0.1, 0.15) is 0 Å². The van der Waals surface area contributed by atoms with Crippen LogP contribution in [0.2, 0.25) is 0 Å². The molecular weight excluding hydrogens is 212 g/mol. The van der Waals surface area contributed by atoms with Gasteiger partial charge in [0.05, 0.1) is 12.2 Å². The first-order valence-electron chi connectivity index (χ1n) is 6.93. The second-order valence-corrected chi connectivity index (χ2v) is 6.58. The van der Waals surface area contributed by atoms with Gasteiger partial charge in [0.25, 0.3) is 0 Å². The van der Waals surface area contributed by atoms with Crippen LogP contribution in [0.15, 0.2) is 11.6 Å². The van der Waals surface area contributed by atoms with Crippen LogP contribution in [0.25, 0.3) is 0 Å². The van der Waals surface area contributed by atoms with Crippen LogP contribution in [-0.2, 0) is 0 Å². The van der Waals surface area contributed by atoms with E-state index in [4.69, 9.17) is 0 Å². The molecule has 0 aromatic heterocycles. The molecule has 1 fully saturated rings. The van der Waals surface area contributed by atoms with Crippen LogP contribution < -0.4 is 0 Å². The molecule has 0 radical (unpaired) electrons. The fourth-order valence-electron chi connectivity index (χ4n) is 3.70. The maximum atomic E-state index is 10.3. The summed E-state index contributed by atoms with van der Waals surface area (Å²) in [6, 6.07) is 0. The van der Waals surface area contributed by atoms with Crippen LogP contribution in [0.5, 0.6) is 0 Å². The minimum absolute atomic E-state index is 0.124. The average molecular weight is 238 g/mol. The molecule has 1 unspecified atom stereocenters. The Hall–Kier alpha value is -0.340. The van der Waals surface area contributed by atoms with Crippen molar-refractivity contribution in [2.45, 2.75) is 58.5 Å². The Morgan fingerprint density at radius 1 is 1.47 bits per heavy atom. The van der Waals surface area contributed by atoms with Crippen molar-refractivity contribution in [3.63, 3.8) is 0 Å². The summed E-state index contributed by atoms with van der Waals surface area (Å²) in [6.07, 6.45) is 8.03. The van der Waals surface area contributed by atoms with E-state index in [0.717, 1.165) is 19.3 Å². The molecule has 2 nitrogen and oxygen atoms in total. The summed E-state index contributed by atoms with van der Waals surface area (Å²) in [5.74, 6) is 0.926. The van der Waals surface area contributed by atoms with E-state index in [9.17, 15) is 10.2 Å². The number of allylic oxidation sites excluding steroid dienone is 2. The topological polar surface area (TPSA) is 40.5 Å². The molecular formula is C15H26O2. The fraction of sp³-hybridized carbons (Fsp3) is 0.867. The van der Waals surface area contributed by atoms with E-state index in [-0.39, 0.29) is 17.9 Å². The summed E-state index contributed by atoms with van der Waals surface area (Å²) >= 11 is 0. The first-order chi connectivity index (χ1) is 7.90. The van der Waals surface area contributed by atoms with Crippen LogP contribution in [0.4, 0.5) is 0 Å². The third-order valence-corrected chi connectivity index (χ3v) is 5.44. The van der Waals surface area contributed by atoms with Gasteiger partial charge in [0.15, 0.2) is 0 Å². The van der Waals surface area contributed by atoms with Gasteiger partial charge >= 0.3 is 0 Å². The zero-order valence-electron chi connectivity index (χ0n) is 11.4. The smallest absolute Gasteiger partial charge is 0.0877 e. The molecule has 4 atom stereocenters. The number of rotatable bonds is 2. The normalized spacial score (nSPS) is 41.4. The number of aliphatic hydroxyl groups excluding tert-OH is 1. The van der Waals surface area contributed by atoms with Crippen LogP contribution in [0.1, 0.15) is 52.9 Å². The highest BCUT2D eigenvalue weighted by molar-refractivity contribution is 5.21. The Morgan fingerprint density at radius 3 is 2.82 bits per heavy atom. The van der Waals surface area contributed by atoms with E-state index in [2.05, 4.69) is 19.9 Å². The molecule has 2 N–H and O–H groups in total. The predicted molar refractivity (Wildman–Crippen MR) is 69.6 cm³/mol. The Bertz CT molecular complexity index is 319. The highest BCUT2D eigenvalue weighted by Crippen LogP contribution is 2.53. The molecule has 2 rings (SSSR count). The molecule has 0 aliphatic heterocycles. The average Bonchev–Trinajstić information content (AvgIpc) is 2.30. The Morgan fingerprint density at radius 2 is 2.18 bits per heavy atom. The Labute approximate surface area is 105 Å². The largest absolute Gasteiger partial charge is 0.393 e. The zero-order chi connectivity index (χ0) is 12.7. The predicted octanol–water partition coefficient (Wildman–Crippen LogP) is 2.89. The maximum Gasteiger partial charge on any atom is 0.0877 e. The first kappa shape index (κ1) is 13.1. The second-order valence-electron chi connectivity index (χ2n) is 6.58. The Balaban J connectivity index is 2.21. The lowest BCUT2D eigenvalue weighted by Crippen LogP contribution is -2.46. The van der Waals surface area contributed by atoms with Crippen molar-refractivity contribution in [2.75, 3.05) is 6.61 Å². The second kappa shape index (κ2) is 4.40. The number of aliphatic hydroxyl groups is 2. The van der Waals surface area contributed by atoms with Crippen molar-refractivity contribution in [1.82, 2.24) is 0 Å². The third-order valence-electron chi connectivity index (χ3n) is 5.44. The lowest BCUT2D eigenvalue weighted by Gasteiger charge is -2.50. The summed E-state index contributed by atoms with van der Waals surface area (Å²) in [7, 11) is 0. The molecule has 2 aliphatic carbocycles. The number of hydrogen-bond donors (Lipinski definition) is 2. The van der Waals surface area contributed by atoms with Gasteiger partial charge in [-0.25, -0.2) is 0 Å². The van der Waals surface area contributed by atoms with Crippen molar-refractivity contribution in [1.29, 1.82) is 0 Å². The van der Waals surface area contributed by atoms with Gasteiger partial charge in [-0.05, 0) is 56.3 Å². The van der Waals surface area contributed by atoms with E-state index in [0.29, 0.717) is 5.92 Å². The summed E-state index contributed by atoms with van der Waals surface area (Å²) in [4.78, 5) is 0. The van der Waals surface area contributed by atoms with Crippen LogP contribution in [-0.4, -0.2) is 22.4 Å². The van der Waals surface area contributed by atoms with Crippen molar-refractivity contribution >= 4 is 0 Å². The van der Waals surface area contributed by atoms with Crippen molar-refractivity contribution in [2.24, 2.45) is 17.3 Å². The maximum absolute atomic E-state index is 10.3. The summed E-state index contributed by atoms with van der Waals surface area (Å²) in [5.41, 5.74) is 0.938. The van der Waals surface area contributed by atoms with Gasteiger partial charge in [-0.3, -0.25) is 0 Å². The van der Waals surface area contributed by atoms with E-state index in [1.54, 1.807) is 12.5 Å². The number of hydrogen-bond acceptors (Lipinski definition) is 2. The molecule has 0 aromatic carbocycles. The highest BCUT2D eigenvalue weighted by Gasteiger charge is 2.46. The van der Waals surface area contributed by atoms with E-state index >= 15 is 0 Å². The first-order valence-corrected chi connectivity index (χ1v) is 6.93. The summed E-state index contributed by atoms with van der Waals surface area (Å²) in [6.45, 7) is 6.34. The lowest BCUT2D eigenvalue weighted by atomic mass is 9.56. The molecule has 0 heterocycles. The highest BCUT2D eigenvalue weighted by atomic mass is 16.3. The molecule has 98 valence electrons. The molecule has 0 amide bonds. The Kier molecular flexibility index (Phi) is 3.39. The van der Waals surface area contributed by atoms with E-state index in [1.807, 2.05) is 0 Å². The van der Waals surface area contributed by atoms with Crippen LogP contribution in [0, 0.1) is 17.3 Å². The van der Waals surface area contributed by atoms with Gasteiger partial charge in [-0.2, -0.15) is 0 Å². The van der Waals surface area contributed by atoms with Crippen molar-refractivity contribution in [3.05, 3.63) is 11.6 Å². The zero-order valence-corrected chi connectivity index (χ0v) is 11.4. The molecule has 0 spiro atoms. The molecule has 0 bridgehead atoms. The summed E-state index contributed by atoms with van der Waals surface area (Å²) < 4.78 is 0. The molecule has 0 aromatic rings. The minimum atomic E-state index is -0.911. The van der Waals surface area contributed by atoms with Gasteiger partial charge < -0.3 is 10.2 Å². The van der Waals surface area contributed by atoms with Gasteiger partial charge in [-0.15, -0.1) is 0 Å². The van der Waals surface area contributed by atoms with Crippen molar-refractivity contribution < 1.29 is 10.2 Å². The standard InChI is InChI=1S/C15H26O2/c1-11-5-4-6-12-7-8-13(9-14(11,12)2)15(3,17)10-16/h6,11,13,16-17H,4-5,7-10H2,1-3H3/t11-,13-,14+,15?/m1/s1. The molecule has 2 heteroatoms. The number of fused-ring (bicyclic) bond motifs is 1. The molecule has 1 saturated carbocycles. The minimum Gasteiger partial charge on any atom is -0.393 e. The van der Waals surface area contributed by atoms with Crippen LogP contribution >= 0.6 is 0 Å². The monoisotopic (exact) mass is 238 g/mol. The van der Waals surface area contributed by atoms with Gasteiger partial charge in [0, 0.05) is 0 Å². The SMILES string of the molecule is C[C@@H]1CCC=C2CC[C@@H](C(C)(O)CO)C[C@]21C. The van der Waals surface area contributed by atoms with E-state index in [1.165, 1.54) is 12.8 Å². The van der Waals surface area contributed by atoms with Crippen molar-refractivity contribution in [3.8, 4) is 0 Å². The third kappa shape index (κ3) is 2.17. The van der Waals surface area contributed by atoms with E-state index < -0.39 is 5.60 Å². The fourth-order valence-corrected chi connectivity index (χ4v) is 3.70. The molecule has 2 aliphatic rings.